The van der Waals surface area contributed by atoms with Gasteiger partial charge in [-0.2, -0.15) is 0 Å². The predicted octanol–water partition coefficient (Wildman–Crippen LogP) is 3.25. The zero-order chi connectivity index (χ0) is 17.8. The van der Waals surface area contributed by atoms with Crippen molar-refractivity contribution in [1.82, 2.24) is 0 Å². The Bertz CT molecular complexity index is 569. The van der Waals surface area contributed by atoms with Gasteiger partial charge in [0.1, 0.15) is 5.75 Å². The highest BCUT2D eigenvalue weighted by atomic mass is 16.8. The van der Waals surface area contributed by atoms with Gasteiger partial charge in [-0.1, -0.05) is 55.1 Å². The second kappa shape index (κ2) is 10.2. The molecule has 0 amide bonds. The molecule has 0 aliphatic heterocycles. The number of carboxylic acid groups (broad SMARTS) is 1. The molecule has 24 heavy (non-hydrogen) atoms. The summed E-state index contributed by atoms with van der Waals surface area (Å²) in [5.41, 5.74) is 0.953. The minimum absolute atomic E-state index is 0.274. The van der Waals surface area contributed by atoms with Gasteiger partial charge in [-0.25, -0.2) is 4.79 Å². The molecular formula is C19H22O5. The molecule has 0 radical (unpaired) electrons. The summed E-state index contributed by atoms with van der Waals surface area (Å²) in [7, 11) is 0. The summed E-state index contributed by atoms with van der Waals surface area (Å²) in [5, 5.41) is 18.1. The van der Waals surface area contributed by atoms with E-state index < -0.39 is 11.9 Å². The molecule has 0 fully saturated rings. The monoisotopic (exact) mass is 330 g/mol. The molecule has 0 aliphatic rings. The molecule has 5 nitrogen and oxygen atoms in total. The Morgan fingerprint density at radius 2 is 1.62 bits per heavy atom. The molecule has 2 rings (SSSR count). The lowest BCUT2D eigenvalue weighted by atomic mass is 10.1. The molecular weight excluding hydrogens is 308 g/mol. The fourth-order valence-corrected chi connectivity index (χ4v) is 1.87. The fourth-order valence-electron chi connectivity index (χ4n) is 1.87. The number of ether oxygens (including phenoxy) is 2. The lowest BCUT2D eigenvalue weighted by Crippen LogP contribution is -2.41. The van der Waals surface area contributed by atoms with Gasteiger partial charge in [0, 0.05) is 6.08 Å². The Morgan fingerprint density at radius 3 is 2.08 bits per heavy atom. The number of hydrogen-bond donors (Lipinski definition) is 2. The van der Waals surface area contributed by atoms with Crippen LogP contribution < -0.4 is 4.74 Å². The van der Waals surface area contributed by atoms with Gasteiger partial charge in [0.05, 0.1) is 13.0 Å². The first kappa shape index (κ1) is 19.4. The van der Waals surface area contributed by atoms with E-state index in [0.29, 0.717) is 12.4 Å². The Morgan fingerprint density at radius 1 is 1.12 bits per heavy atom. The van der Waals surface area contributed by atoms with Crippen molar-refractivity contribution < 1.29 is 24.5 Å². The van der Waals surface area contributed by atoms with E-state index in [4.69, 9.17) is 14.6 Å². The third-order valence-corrected chi connectivity index (χ3v) is 2.84. The van der Waals surface area contributed by atoms with Gasteiger partial charge < -0.3 is 19.7 Å². The molecule has 2 N–H and O–H groups in total. The number of rotatable bonds is 7. The number of benzene rings is 2. The van der Waals surface area contributed by atoms with Crippen LogP contribution in [0.15, 0.2) is 73.3 Å². The zero-order valence-electron chi connectivity index (χ0n) is 13.6. The number of carboxylic acids is 1. The maximum atomic E-state index is 10.5. The SMILES string of the molecule is C=CC(=O)O.CCOC(O)(Cc1ccccc1)Oc1ccccc1. The van der Waals surface area contributed by atoms with Crippen LogP contribution in [0.1, 0.15) is 12.5 Å². The first-order valence-electron chi connectivity index (χ1n) is 7.48. The van der Waals surface area contributed by atoms with Gasteiger partial charge >= 0.3 is 11.9 Å². The third-order valence-electron chi connectivity index (χ3n) is 2.84. The van der Waals surface area contributed by atoms with Crippen molar-refractivity contribution in [3.8, 4) is 5.75 Å². The summed E-state index contributed by atoms with van der Waals surface area (Å²) >= 11 is 0. The largest absolute Gasteiger partial charge is 0.478 e. The molecule has 0 saturated carbocycles. The zero-order valence-corrected chi connectivity index (χ0v) is 13.6. The molecule has 0 saturated heterocycles. The third kappa shape index (κ3) is 7.58. The quantitative estimate of drug-likeness (QED) is 0.602. The Balaban J connectivity index is 0.000000505. The Kier molecular flexibility index (Phi) is 8.25. The summed E-state index contributed by atoms with van der Waals surface area (Å²) in [6.45, 7) is 5.16. The summed E-state index contributed by atoms with van der Waals surface area (Å²) in [5.74, 6) is -2.04. The van der Waals surface area contributed by atoms with Crippen LogP contribution in [0.25, 0.3) is 0 Å². The summed E-state index contributed by atoms with van der Waals surface area (Å²) < 4.78 is 11.0. The van der Waals surface area contributed by atoms with Crippen LogP contribution in [0, 0.1) is 0 Å². The average Bonchev–Trinajstić information content (AvgIpc) is 2.57. The molecule has 5 heteroatoms. The van der Waals surface area contributed by atoms with E-state index in [1.54, 1.807) is 12.1 Å². The van der Waals surface area contributed by atoms with Crippen molar-refractivity contribution in [2.24, 2.45) is 0 Å². The lowest BCUT2D eigenvalue weighted by Gasteiger charge is -2.28. The highest BCUT2D eigenvalue weighted by Gasteiger charge is 2.30. The van der Waals surface area contributed by atoms with Crippen molar-refractivity contribution in [2.75, 3.05) is 6.61 Å². The van der Waals surface area contributed by atoms with E-state index in [-0.39, 0.29) is 6.42 Å². The van der Waals surface area contributed by atoms with Crippen LogP contribution in [0.2, 0.25) is 0 Å². The van der Waals surface area contributed by atoms with Crippen molar-refractivity contribution in [2.45, 2.75) is 19.3 Å². The lowest BCUT2D eigenvalue weighted by molar-refractivity contribution is -0.316. The minimum atomic E-state index is -1.64. The van der Waals surface area contributed by atoms with E-state index in [1.165, 1.54) is 0 Å². The summed E-state index contributed by atoms with van der Waals surface area (Å²) in [6.07, 6.45) is 1.11. The Labute approximate surface area is 141 Å². The minimum Gasteiger partial charge on any atom is -0.478 e. The maximum Gasteiger partial charge on any atom is 0.328 e. The van der Waals surface area contributed by atoms with Gasteiger partial charge in [-0.3, -0.25) is 0 Å². The maximum absolute atomic E-state index is 10.5. The smallest absolute Gasteiger partial charge is 0.328 e. The average molecular weight is 330 g/mol. The highest BCUT2D eigenvalue weighted by Crippen LogP contribution is 2.21. The van der Waals surface area contributed by atoms with Crippen molar-refractivity contribution >= 4 is 5.97 Å². The number of aliphatic carboxylic acids is 1. The molecule has 128 valence electrons. The first-order valence-corrected chi connectivity index (χ1v) is 7.48. The van der Waals surface area contributed by atoms with Crippen molar-refractivity contribution in [1.29, 1.82) is 0 Å². The second-order valence-electron chi connectivity index (χ2n) is 4.77. The number of carbonyl (C=O) groups is 1. The van der Waals surface area contributed by atoms with Crippen molar-refractivity contribution in [3.63, 3.8) is 0 Å². The molecule has 2 aromatic rings. The van der Waals surface area contributed by atoms with Gasteiger partial charge in [-0.05, 0) is 24.6 Å². The van der Waals surface area contributed by atoms with Crippen LogP contribution in [-0.2, 0) is 16.0 Å². The van der Waals surface area contributed by atoms with E-state index in [9.17, 15) is 9.90 Å². The highest BCUT2D eigenvalue weighted by molar-refractivity contribution is 5.78. The number of hydrogen-bond acceptors (Lipinski definition) is 4. The van der Waals surface area contributed by atoms with Crippen LogP contribution in [0.5, 0.6) is 5.75 Å². The van der Waals surface area contributed by atoms with Crippen LogP contribution in [0.3, 0.4) is 0 Å². The van der Waals surface area contributed by atoms with Crippen LogP contribution in [-0.4, -0.2) is 28.8 Å². The van der Waals surface area contributed by atoms with Gasteiger partial charge in [0.15, 0.2) is 0 Å². The summed E-state index contributed by atoms with van der Waals surface area (Å²) in [4.78, 5) is 9.25. The second-order valence-corrected chi connectivity index (χ2v) is 4.77. The predicted molar refractivity (Wildman–Crippen MR) is 91.6 cm³/mol. The summed E-state index contributed by atoms with van der Waals surface area (Å²) in [6, 6.07) is 18.8. The molecule has 0 aliphatic carbocycles. The van der Waals surface area contributed by atoms with Crippen molar-refractivity contribution in [3.05, 3.63) is 78.9 Å². The van der Waals surface area contributed by atoms with E-state index >= 15 is 0 Å². The van der Waals surface area contributed by atoms with E-state index in [0.717, 1.165) is 11.6 Å². The van der Waals surface area contributed by atoms with Gasteiger partial charge in [0.25, 0.3) is 0 Å². The molecule has 0 aromatic heterocycles. The van der Waals surface area contributed by atoms with E-state index in [2.05, 4.69) is 6.58 Å². The Hall–Kier alpha value is -2.63. The molecule has 1 atom stereocenters. The van der Waals surface area contributed by atoms with Crippen LogP contribution >= 0.6 is 0 Å². The van der Waals surface area contributed by atoms with Gasteiger partial charge in [-0.15, -0.1) is 0 Å². The van der Waals surface area contributed by atoms with Gasteiger partial charge in [0.2, 0.25) is 0 Å². The fraction of sp³-hybridized carbons (Fsp3) is 0.211. The standard InChI is InChI=1S/C16H18O3.C3H4O2/c1-2-18-16(17,13-14-9-5-3-6-10-14)19-15-11-7-4-8-12-15;1-2-3(4)5/h3-12,17H,2,13H2,1H3;2H,1H2,(H,4,5). The molecule has 0 bridgehead atoms. The molecule has 0 spiro atoms. The number of para-hydroxylation sites is 1. The molecule has 1 unspecified atom stereocenters. The topological polar surface area (TPSA) is 76.0 Å². The first-order chi connectivity index (χ1) is 11.5. The molecule has 2 aromatic carbocycles. The number of aliphatic hydroxyl groups is 1. The van der Waals surface area contributed by atoms with Crippen LogP contribution in [0.4, 0.5) is 0 Å². The molecule has 0 heterocycles. The van der Waals surface area contributed by atoms with E-state index in [1.807, 2.05) is 55.5 Å². The normalized spacial score (nSPS) is 12.2.